The molecule has 0 amide bonds. The third-order valence-corrected chi connectivity index (χ3v) is 11.6. The summed E-state index contributed by atoms with van der Waals surface area (Å²) in [4.78, 5) is 54.2. The van der Waals surface area contributed by atoms with Crippen molar-refractivity contribution in [2.24, 2.45) is 0 Å². The van der Waals surface area contributed by atoms with Crippen molar-refractivity contribution in [2.45, 2.75) is 184 Å². The first-order chi connectivity index (χ1) is 31.9. The van der Waals surface area contributed by atoms with Gasteiger partial charge in [-0.15, -0.1) is 0 Å². The summed E-state index contributed by atoms with van der Waals surface area (Å²) >= 11 is 0. The third kappa shape index (κ3) is 31.8. The molecule has 10 atom stereocenters. The molecular weight excluding hydrogens is 914 g/mol. The van der Waals surface area contributed by atoms with Gasteiger partial charge in [0.25, 0.3) is 0 Å². The number of phosphoric ester groups is 2. The lowest BCUT2D eigenvalue weighted by atomic mass is 9.85. The van der Waals surface area contributed by atoms with E-state index in [1.807, 2.05) is 37.3 Å². The fourth-order valence-corrected chi connectivity index (χ4v) is 8.00. The highest BCUT2D eigenvalue weighted by Crippen LogP contribution is 2.49. The van der Waals surface area contributed by atoms with Crippen LogP contribution in [-0.4, -0.2) is 125 Å². The number of unbranched alkanes of at least 4 members (excludes halogenated alkanes) is 10. The zero-order valence-electron chi connectivity index (χ0n) is 39.0. The normalized spacial score (nSPS) is 23.1. The Bertz CT molecular complexity index is 1660. The van der Waals surface area contributed by atoms with Crippen molar-refractivity contribution in [2.75, 3.05) is 13.2 Å². The SMILES string of the molecule is CC/C=C\C[C@@H](O)/C=C/C=C\C/C=C\C=C\[C@@H](O)/C=C\CCCC(=O)OC[C@H](COP(=O)(O)O[C@H]1C(O)C(O)C(O)[C@@H](OP(=O)(O)O)C1O)OC(=O)CCCCCCC/C=C\CCCCCC. The van der Waals surface area contributed by atoms with Gasteiger partial charge in [-0.05, 0) is 64.2 Å². The minimum atomic E-state index is -5.39. The number of aliphatic hydroxyl groups is 6. The zero-order valence-corrected chi connectivity index (χ0v) is 40.8. The fourth-order valence-electron chi connectivity index (χ4n) is 6.46. The van der Waals surface area contributed by atoms with E-state index in [-0.39, 0.29) is 12.8 Å². The van der Waals surface area contributed by atoms with Gasteiger partial charge in [-0.3, -0.25) is 23.2 Å². The van der Waals surface area contributed by atoms with E-state index in [1.54, 1.807) is 42.5 Å². The van der Waals surface area contributed by atoms with Crippen molar-refractivity contribution in [1.29, 1.82) is 0 Å². The molecule has 20 heteroatoms. The average molecular weight is 993 g/mol. The first-order valence-corrected chi connectivity index (χ1v) is 26.4. The fraction of sp³-hybridized carbons (Fsp3) is 0.660. The van der Waals surface area contributed by atoms with Gasteiger partial charge in [0.1, 0.15) is 43.2 Å². The third-order valence-electron chi connectivity index (χ3n) is 10.1. The van der Waals surface area contributed by atoms with Gasteiger partial charge in [-0.2, -0.15) is 0 Å². The van der Waals surface area contributed by atoms with Crippen LogP contribution < -0.4 is 0 Å². The lowest BCUT2D eigenvalue weighted by Crippen LogP contribution is -2.64. The second-order valence-electron chi connectivity index (χ2n) is 16.1. The Balaban J connectivity index is 2.70. The van der Waals surface area contributed by atoms with Crippen LogP contribution in [0, 0.1) is 0 Å². The number of ether oxygens (including phenoxy) is 2. The van der Waals surface area contributed by atoms with Crippen molar-refractivity contribution in [3.63, 3.8) is 0 Å². The highest BCUT2D eigenvalue weighted by molar-refractivity contribution is 7.47. The molecule has 0 bridgehead atoms. The largest absolute Gasteiger partial charge is 0.472 e. The van der Waals surface area contributed by atoms with E-state index >= 15 is 0 Å². The minimum absolute atomic E-state index is 0.0138. The standard InChI is InChI=1S/C47H78O18P2/c1-3-5-7-8-9-10-11-12-13-14-18-21-27-34-41(51)63-39(36-62-67(59,60)65-47-44(54)42(52)43(53)46(45(47)55)64-66(56,57)58)35-61-40(50)33-28-22-26-32-38(49)31-25-20-17-15-16-19-24-30-37(48)29-23-6-4-2/h6,10-11,16-17,19-20,23-26,30-32,37-39,42-49,52-55H,3-5,7-9,12-15,18,21-22,27-29,33-36H2,1-2H3,(H,59,60)(H2,56,57,58)/b11-10-,19-16-,20-17-,23-6-,30-24+,31-25+,32-26-/t37-,38-,39-,42?,43?,44?,45?,46-,47+/m1/s1. The van der Waals surface area contributed by atoms with E-state index in [0.717, 1.165) is 44.9 Å². The molecule has 1 aliphatic carbocycles. The summed E-state index contributed by atoms with van der Waals surface area (Å²) < 4.78 is 49.2. The first kappa shape index (κ1) is 62.1. The molecule has 1 aliphatic rings. The molecule has 1 rings (SSSR count). The molecule has 5 unspecified atom stereocenters. The number of esters is 2. The molecule has 1 fully saturated rings. The van der Waals surface area contributed by atoms with E-state index in [9.17, 15) is 54.3 Å². The van der Waals surface area contributed by atoms with E-state index in [1.165, 1.54) is 25.7 Å². The van der Waals surface area contributed by atoms with Crippen LogP contribution >= 0.6 is 15.6 Å². The summed E-state index contributed by atoms with van der Waals surface area (Å²) in [5.74, 6) is -1.41. The summed E-state index contributed by atoms with van der Waals surface area (Å²) in [5, 5.41) is 61.2. The molecule has 0 aromatic rings. The maximum Gasteiger partial charge on any atom is 0.472 e. The van der Waals surface area contributed by atoms with Gasteiger partial charge >= 0.3 is 27.6 Å². The van der Waals surface area contributed by atoms with Gasteiger partial charge < -0.3 is 54.8 Å². The van der Waals surface area contributed by atoms with E-state index < -0.39 is 95.7 Å². The van der Waals surface area contributed by atoms with Crippen LogP contribution in [-0.2, 0) is 41.8 Å². The predicted molar refractivity (Wildman–Crippen MR) is 253 cm³/mol. The second-order valence-corrected chi connectivity index (χ2v) is 18.7. The molecule has 9 N–H and O–H groups in total. The summed E-state index contributed by atoms with van der Waals surface area (Å²) in [5.41, 5.74) is 0. The van der Waals surface area contributed by atoms with Crippen molar-refractivity contribution in [1.82, 2.24) is 0 Å². The summed E-state index contributed by atoms with van der Waals surface area (Å²) in [6.45, 7) is 2.71. The Labute approximate surface area is 396 Å². The van der Waals surface area contributed by atoms with E-state index in [0.29, 0.717) is 32.1 Å². The Kier molecular flexibility index (Phi) is 34.3. The van der Waals surface area contributed by atoms with Crippen LogP contribution in [0.15, 0.2) is 85.1 Å². The van der Waals surface area contributed by atoms with Gasteiger partial charge in [0, 0.05) is 12.8 Å². The number of carbonyl (C=O) groups excluding carboxylic acids is 2. The van der Waals surface area contributed by atoms with Crippen molar-refractivity contribution >= 4 is 27.6 Å². The number of rotatable bonds is 37. The monoisotopic (exact) mass is 992 g/mol. The molecule has 0 aromatic carbocycles. The predicted octanol–water partition coefficient (Wildman–Crippen LogP) is 6.56. The molecule has 0 heterocycles. The van der Waals surface area contributed by atoms with Crippen molar-refractivity contribution in [3.8, 4) is 0 Å². The van der Waals surface area contributed by atoms with Crippen LogP contribution in [0.3, 0.4) is 0 Å². The molecule has 1 saturated carbocycles. The second kappa shape index (κ2) is 37.0. The van der Waals surface area contributed by atoms with Gasteiger partial charge in [-0.1, -0.05) is 137 Å². The van der Waals surface area contributed by atoms with Crippen LogP contribution in [0.2, 0.25) is 0 Å². The van der Waals surface area contributed by atoms with Gasteiger partial charge in [0.2, 0.25) is 0 Å². The quantitative estimate of drug-likeness (QED) is 0.0105. The number of hydrogen-bond donors (Lipinski definition) is 9. The number of hydrogen-bond acceptors (Lipinski definition) is 15. The molecule has 0 aromatic heterocycles. The van der Waals surface area contributed by atoms with E-state index in [4.69, 9.17) is 28.3 Å². The molecule has 0 aliphatic heterocycles. The Morgan fingerprint density at radius 1 is 0.582 bits per heavy atom. The molecule has 0 saturated heterocycles. The number of carbonyl (C=O) groups is 2. The van der Waals surface area contributed by atoms with E-state index in [2.05, 4.69) is 23.6 Å². The Morgan fingerprint density at radius 2 is 1.16 bits per heavy atom. The lowest BCUT2D eigenvalue weighted by Gasteiger charge is -2.43. The van der Waals surface area contributed by atoms with Crippen LogP contribution in [0.25, 0.3) is 0 Å². The summed E-state index contributed by atoms with van der Waals surface area (Å²) in [6, 6.07) is 0. The maximum atomic E-state index is 13.0. The zero-order chi connectivity index (χ0) is 49.9. The van der Waals surface area contributed by atoms with Crippen molar-refractivity contribution < 1.29 is 87.1 Å². The van der Waals surface area contributed by atoms with Crippen LogP contribution in [0.4, 0.5) is 0 Å². The number of phosphoric acid groups is 2. The molecular formula is C47H78O18P2. The number of allylic oxidation sites excluding steroid dienone is 10. The highest BCUT2D eigenvalue weighted by atomic mass is 31.2. The molecule has 0 spiro atoms. The first-order valence-electron chi connectivity index (χ1n) is 23.4. The minimum Gasteiger partial charge on any atom is -0.462 e. The molecule has 0 radical (unpaired) electrons. The maximum absolute atomic E-state index is 13.0. The average Bonchev–Trinajstić information content (AvgIpc) is 3.27. The smallest absolute Gasteiger partial charge is 0.462 e. The van der Waals surface area contributed by atoms with Crippen molar-refractivity contribution in [3.05, 3.63) is 85.1 Å². The topological polar surface area (TPSA) is 296 Å². The highest BCUT2D eigenvalue weighted by Gasteiger charge is 2.54. The lowest BCUT2D eigenvalue weighted by molar-refractivity contribution is -0.216. The summed E-state index contributed by atoms with van der Waals surface area (Å²) in [7, 11) is -10.8. The van der Waals surface area contributed by atoms with Crippen LogP contribution in [0.5, 0.6) is 0 Å². The Hall–Kier alpha value is -2.90. The van der Waals surface area contributed by atoms with Gasteiger partial charge in [0.15, 0.2) is 6.10 Å². The molecule has 384 valence electrons. The summed E-state index contributed by atoms with van der Waals surface area (Å²) in [6.07, 6.45) is 23.3. The molecule has 67 heavy (non-hydrogen) atoms. The van der Waals surface area contributed by atoms with Crippen LogP contribution in [0.1, 0.15) is 129 Å². The van der Waals surface area contributed by atoms with Gasteiger partial charge in [-0.25, -0.2) is 9.13 Å². The number of aliphatic hydroxyl groups excluding tert-OH is 6. The Morgan fingerprint density at radius 3 is 1.81 bits per heavy atom. The molecule has 18 nitrogen and oxygen atoms in total. The van der Waals surface area contributed by atoms with Gasteiger partial charge in [0.05, 0.1) is 18.8 Å².